The second-order valence-corrected chi connectivity index (χ2v) is 7.49. The van der Waals surface area contributed by atoms with Gasteiger partial charge in [-0.25, -0.2) is 9.97 Å². The SMILES string of the molecule is CCCCCCCC(CC)c1cccc(C#N)c1Oc1ccc2ncncc2c1. The molecule has 0 saturated carbocycles. The molecular formula is C25H29N3O. The average Bonchev–Trinajstić information content (AvgIpc) is 2.76. The second kappa shape index (κ2) is 10.6. The Bertz CT molecular complexity index is 977. The van der Waals surface area contributed by atoms with Crippen LogP contribution in [0.15, 0.2) is 48.9 Å². The number of ether oxygens (including phenoxy) is 1. The van der Waals surface area contributed by atoms with E-state index in [9.17, 15) is 5.26 Å². The van der Waals surface area contributed by atoms with Crippen LogP contribution in [0, 0.1) is 11.3 Å². The van der Waals surface area contributed by atoms with Gasteiger partial charge in [0.2, 0.25) is 0 Å². The fourth-order valence-corrected chi connectivity index (χ4v) is 3.80. The molecule has 0 amide bonds. The molecule has 4 nitrogen and oxygen atoms in total. The minimum Gasteiger partial charge on any atom is -0.456 e. The highest BCUT2D eigenvalue weighted by Gasteiger charge is 2.18. The zero-order valence-electron chi connectivity index (χ0n) is 17.4. The summed E-state index contributed by atoms with van der Waals surface area (Å²) in [5.41, 5.74) is 2.59. The Labute approximate surface area is 173 Å². The number of unbranched alkanes of at least 4 members (excludes halogenated alkanes) is 4. The van der Waals surface area contributed by atoms with Crippen LogP contribution in [-0.2, 0) is 0 Å². The first kappa shape index (κ1) is 20.8. The highest BCUT2D eigenvalue weighted by molar-refractivity contribution is 5.79. The first-order valence-corrected chi connectivity index (χ1v) is 10.7. The summed E-state index contributed by atoms with van der Waals surface area (Å²) >= 11 is 0. The molecule has 3 aromatic rings. The van der Waals surface area contributed by atoms with E-state index in [2.05, 4.69) is 36.0 Å². The molecule has 1 heterocycles. The summed E-state index contributed by atoms with van der Waals surface area (Å²) in [6, 6.07) is 14.0. The lowest BCUT2D eigenvalue weighted by Gasteiger charge is -2.20. The van der Waals surface area contributed by atoms with Crippen molar-refractivity contribution in [3.05, 3.63) is 60.0 Å². The van der Waals surface area contributed by atoms with Gasteiger partial charge in [-0.15, -0.1) is 0 Å². The van der Waals surface area contributed by atoms with Gasteiger partial charge >= 0.3 is 0 Å². The summed E-state index contributed by atoms with van der Waals surface area (Å²) in [4.78, 5) is 8.35. The number of para-hydroxylation sites is 1. The van der Waals surface area contributed by atoms with E-state index in [-0.39, 0.29) is 0 Å². The van der Waals surface area contributed by atoms with E-state index in [0.717, 1.165) is 29.3 Å². The molecule has 0 aliphatic heterocycles. The smallest absolute Gasteiger partial charge is 0.148 e. The van der Waals surface area contributed by atoms with Crippen molar-refractivity contribution in [3.63, 3.8) is 0 Å². The number of fused-ring (bicyclic) bond motifs is 1. The van der Waals surface area contributed by atoms with Crippen molar-refractivity contribution in [1.82, 2.24) is 9.97 Å². The number of nitrogens with zero attached hydrogens (tertiary/aromatic N) is 3. The van der Waals surface area contributed by atoms with Crippen molar-refractivity contribution in [2.75, 3.05) is 0 Å². The van der Waals surface area contributed by atoms with Crippen LogP contribution < -0.4 is 4.74 Å². The summed E-state index contributed by atoms with van der Waals surface area (Å²) < 4.78 is 6.29. The third kappa shape index (κ3) is 5.32. The van der Waals surface area contributed by atoms with E-state index >= 15 is 0 Å². The molecule has 1 aromatic heterocycles. The van der Waals surface area contributed by atoms with Gasteiger partial charge < -0.3 is 4.74 Å². The van der Waals surface area contributed by atoms with E-state index < -0.39 is 0 Å². The first-order chi connectivity index (χ1) is 14.3. The van der Waals surface area contributed by atoms with Gasteiger partial charge in [0, 0.05) is 11.6 Å². The molecule has 0 bridgehead atoms. The van der Waals surface area contributed by atoms with E-state index in [1.54, 1.807) is 6.20 Å². The number of hydrogen-bond acceptors (Lipinski definition) is 4. The number of aromatic nitrogens is 2. The average molecular weight is 388 g/mol. The zero-order chi connectivity index (χ0) is 20.5. The van der Waals surface area contributed by atoms with Crippen LogP contribution >= 0.6 is 0 Å². The normalized spacial score (nSPS) is 11.9. The Kier molecular flexibility index (Phi) is 7.58. The minimum atomic E-state index is 0.392. The fourth-order valence-electron chi connectivity index (χ4n) is 3.80. The monoisotopic (exact) mass is 387 g/mol. The summed E-state index contributed by atoms with van der Waals surface area (Å²) in [5.74, 6) is 1.78. The van der Waals surface area contributed by atoms with E-state index in [0.29, 0.717) is 23.0 Å². The predicted octanol–water partition coefficient (Wildman–Crippen LogP) is 7.15. The van der Waals surface area contributed by atoms with Gasteiger partial charge in [-0.05, 0) is 48.6 Å². The molecule has 3 rings (SSSR count). The summed E-state index contributed by atoms with van der Waals surface area (Å²) in [6.07, 6.45) is 11.8. The third-order valence-electron chi connectivity index (χ3n) is 5.45. The topological polar surface area (TPSA) is 58.8 Å². The van der Waals surface area contributed by atoms with E-state index in [4.69, 9.17) is 4.74 Å². The lowest BCUT2D eigenvalue weighted by Crippen LogP contribution is -2.02. The van der Waals surface area contributed by atoms with Crippen molar-refractivity contribution < 1.29 is 4.74 Å². The molecule has 0 fully saturated rings. The van der Waals surface area contributed by atoms with Crippen LogP contribution in [0.4, 0.5) is 0 Å². The molecule has 0 aliphatic rings. The molecule has 0 radical (unpaired) electrons. The minimum absolute atomic E-state index is 0.392. The van der Waals surface area contributed by atoms with E-state index in [1.165, 1.54) is 38.4 Å². The molecule has 0 spiro atoms. The van der Waals surface area contributed by atoms with Crippen molar-refractivity contribution in [2.45, 2.75) is 64.7 Å². The molecule has 1 atom stereocenters. The van der Waals surface area contributed by atoms with Crippen LogP contribution in [0.5, 0.6) is 11.5 Å². The van der Waals surface area contributed by atoms with Crippen LogP contribution in [0.25, 0.3) is 10.9 Å². The predicted molar refractivity (Wildman–Crippen MR) is 117 cm³/mol. The number of benzene rings is 2. The van der Waals surface area contributed by atoms with Crippen molar-refractivity contribution in [3.8, 4) is 17.6 Å². The first-order valence-electron chi connectivity index (χ1n) is 10.7. The van der Waals surface area contributed by atoms with Gasteiger partial charge in [0.1, 0.15) is 23.9 Å². The molecule has 0 aliphatic carbocycles. The maximum absolute atomic E-state index is 9.67. The van der Waals surface area contributed by atoms with Gasteiger partial charge in [0.15, 0.2) is 0 Å². The molecule has 150 valence electrons. The summed E-state index contributed by atoms with van der Waals surface area (Å²) in [5, 5.41) is 10.6. The molecule has 29 heavy (non-hydrogen) atoms. The van der Waals surface area contributed by atoms with Crippen molar-refractivity contribution in [1.29, 1.82) is 5.26 Å². The molecule has 4 heteroatoms. The largest absolute Gasteiger partial charge is 0.456 e. The number of nitriles is 1. The van der Waals surface area contributed by atoms with Gasteiger partial charge in [0.25, 0.3) is 0 Å². The van der Waals surface area contributed by atoms with Crippen LogP contribution in [0.1, 0.15) is 75.8 Å². The van der Waals surface area contributed by atoms with Crippen LogP contribution in [-0.4, -0.2) is 9.97 Å². The quantitative estimate of drug-likeness (QED) is 0.347. The molecule has 0 saturated heterocycles. The Morgan fingerprint density at radius 1 is 1.07 bits per heavy atom. The van der Waals surface area contributed by atoms with Gasteiger partial charge in [-0.1, -0.05) is 58.1 Å². The summed E-state index contributed by atoms with van der Waals surface area (Å²) in [7, 11) is 0. The Morgan fingerprint density at radius 3 is 2.72 bits per heavy atom. The van der Waals surface area contributed by atoms with Crippen LogP contribution in [0.3, 0.4) is 0 Å². The summed E-state index contributed by atoms with van der Waals surface area (Å²) in [6.45, 7) is 4.46. The highest BCUT2D eigenvalue weighted by atomic mass is 16.5. The molecule has 1 unspecified atom stereocenters. The maximum atomic E-state index is 9.67. The van der Waals surface area contributed by atoms with Crippen LogP contribution in [0.2, 0.25) is 0 Å². The number of rotatable bonds is 10. The Morgan fingerprint density at radius 2 is 1.93 bits per heavy atom. The van der Waals surface area contributed by atoms with E-state index in [1.807, 2.05) is 30.3 Å². The van der Waals surface area contributed by atoms with Gasteiger partial charge in [0.05, 0.1) is 11.1 Å². The molecular weight excluding hydrogens is 358 g/mol. The van der Waals surface area contributed by atoms with Gasteiger partial charge in [-0.3, -0.25) is 0 Å². The fraction of sp³-hybridized carbons (Fsp3) is 0.400. The van der Waals surface area contributed by atoms with Crippen molar-refractivity contribution in [2.24, 2.45) is 0 Å². The Balaban J connectivity index is 1.85. The maximum Gasteiger partial charge on any atom is 0.148 e. The molecule has 0 N–H and O–H groups in total. The standard InChI is InChI=1S/C25H29N3O/c1-3-5-6-7-8-10-19(4-2)23-12-9-11-20(16-26)25(23)29-22-13-14-24-21(15-22)17-27-18-28-24/h9,11-15,17-19H,3-8,10H2,1-2H3. The lowest BCUT2D eigenvalue weighted by atomic mass is 9.89. The number of hydrogen-bond donors (Lipinski definition) is 0. The molecule has 2 aromatic carbocycles. The zero-order valence-corrected chi connectivity index (χ0v) is 17.4. The highest BCUT2D eigenvalue weighted by Crippen LogP contribution is 2.38. The lowest BCUT2D eigenvalue weighted by molar-refractivity contribution is 0.457. The second-order valence-electron chi connectivity index (χ2n) is 7.49. The Hall–Kier alpha value is -2.93. The third-order valence-corrected chi connectivity index (χ3v) is 5.45. The van der Waals surface area contributed by atoms with Gasteiger partial charge in [-0.2, -0.15) is 5.26 Å². The van der Waals surface area contributed by atoms with Crippen molar-refractivity contribution >= 4 is 10.9 Å².